The molecule has 7 heteroatoms. The van der Waals surface area contributed by atoms with Crippen LogP contribution in [0.4, 0.5) is 5.82 Å². The van der Waals surface area contributed by atoms with Crippen molar-refractivity contribution in [3.8, 4) is 22.6 Å². The van der Waals surface area contributed by atoms with E-state index in [0.717, 1.165) is 29.7 Å². The van der Waals surface area contributed by atoms with E-state index in [0.29, 0.717) is 18.2 Å². The standard InChI is InChI=1S/C18H18N6O/c1-2-7-24-10-14(17-20-11-21-23-17)8-15(24)13-5-6-19-16(9-13)22-18(25)12-3-4-12/h2,5-6,8-12H,1,3-4,7H2,(H,19,22,25)(H,20,21,23). The molecule has 25 heavy (non-hydrogen) atoms. The molecule has 0 atom stereocenters. The lowest BCUT2D eigenvalue weighted by molar-refractivity contribution is -0.117. The smallest absolute Gasteiger partial charge is 0.228 e. The molecule has 0 aliphatic heterocycles. The highest BCUT2D eigenvalue weighted by Crippen LogP contribution is 2.31. The first-order chi connectivity index (χ1) is 12.2. The molecule has 126 valence electrons. The molecule has 3 heterocycles. The number of anilines is 1. The second-order valence-corrected chi connectivity index (χ2v) is 6.08. The number of carbonyl (C=O) groups excluding carboxylic acids is 1. The molecule has 0 radical (unpaired) electrons. The molecule has 0 spiro atoms. The second-order valence-electron chi connectivity index (χ2n) is 6.08. The molecule has 2 N–H and O–H groups in total. The monoisotopic (exact) mass is 334 g/mol. The molecule has 1 saturated carbocycles. The Labute approximate surface area is 144 Å². The van der Waals surface area contributed by atoms with Crippen LogP contribution in [0.1, 0.15) is 12.8 Å². The van der Waals surface area contributed by atoms with E-state index in [9.17, 15) is 4.79 Å². The number of pyridine rings is 1. The zero-order valence-corrected chi connectivity index (χ0v) is 13.6. The van der Waals surface area contributed by atoms with Crippen LogP contribution in [-0.4, -0.2) is 30.6 Å². The summed E-state index contributed by atoms with van der Waals surface area (Å²) < 4.78 is 2.08. The number of carbonyl (C=O) groups is 1. The fraction of sp³-hybridized carbons (Fsp3) is 0.222. The Morgan fingerprint density at radius 1 is 1.36 bits per heavy atom. The summed E-state index contributed by atoms with van der Waals surface area (Å²) in [6, 6.07) is 5.84. The first-order valence-electron chi connectivity index (χ1n) is 8.18. The van der Waals surface area contributed by atoms with Gasteiger partial charge in [-0.3, -0.25) is 9.89 Å². The molecule has 4 rings (SSSR count). The van der Waals surface area contributed by atoms with E-state index in [4.69, 9.17) is 0 Å². The van der Waals surface area contributed by atoms with Gasteiger partial charge in [0, 0.05) is 41.7 Å². The number of aromatic amines is 1. The number of allylic oxidation sites excluding steroid dienone is 1. The normalized spacial score (nSPS) is 13.6. The van der Waals surface area contributed by atoms with Crippen molar-refractivity contribution in [1.82, 2.24) is 24.7 Å². The Morgan fingerprint density at radius 2 is 2.24 bits per heavy atom. The highest BCUT2D eigenvalue weighted by atomic mass is 16.2. The van der Waals surface area contributed by atoms with Gasteiger partial charge in [-0.15, -0.1) is 6.58 Å². The third kappa shape index (κ3) is 3.21. The highest BCUT2D eigenvalue weighted by molar-refractivity contribution is 5.93. The Morgan fingerprint density at radius 3 is 2.96 bits per heavy atom. The van der Waals surface area contributed by atoms with E-state index < -0.39 is 0 Å². The highest BCUT2D eigenvalue weighted by Gasteiger charge is 2.29. The third-order valence-electron chi connectivity index (χ3n) is 4.17. The number of amides is 1. The van der Waals surface area contributed by atoms with E-state index in [-0.39, 0.29) is 11.8 Å². The zero-order chi connectivity index (χ0) is 17.2. The van der Waals surface area contributed by atoms with Crippen LogP contribution in [0, 0.1) is 5.92 Å². The molecular formula is C18H18N6O. The van der Waals surface area contributed by atoms with Crippen LogP contribution in [0.15, 0.2) is 49.6 Å². The topological polar surface area (TPSA) is 88.5 Å². The molecule has 7 nitrogen and oxygen atoms in total. The van der Waals surface area contributed by atoms with Gasteiger partial charge in [-0.05, 0) is 31.0 Å². The molecule has 1 aliphatic rings. The molecule has 0 aromatic carbocycles. The second kappa shape index (κ2) is 6.35. The molecule has 3 aromatic heterocycles. The van der Waals surface area contributed by atoms with E-state index >= 15 is 0 Å². The van der Waals surface area contributed by atoms with E-state index in [1.165, 1.54) is 6.33 Å². The molecule has 0 bridgehead atoms. The Balaban J connectivity index is 1.68. The number of H-pyrrole nitrogens is 1. The van der Waals surface area contributed by atoms with Crippen molar-refractivity contribution in [2.75, 3.05) is 5.32 Å². The van der Waals surface area contributed by atoms with Gasteiger partial charge in [0.05, 0.1) is 0 Å². The predicted octanol–water partition coefficient (Wildman–Crippen LogP) is 2.87. The summed E-state index contributed by atoms with van der Waals surface area (Å²) in [5, 5.41) is 9.67. The van der Waals surface area contributed by atoms with E-state index in [1.807, 2.05) is 30.5 Å². The van der Waals surface area contributed by atoms with Crippen LogP contribution in [0.2, 0.25) is 0 Å². The molecule has 0 unspecified atom stereocenters. The summed E-state index contributed by atoms with van der Waals surface area (Å²) in [6.07, 6.45) is 8.96. The van der Waals surface area contributed by atoms with Crippen LogP contribution in [0.25, 0.3) is 22.6 Å². The SMILES string of the molecule is C=CCn1cc(-c2ncn[nH]2)cc1-c1ccnc(NC(=O)C2CC2)c1. The van der Waals surface area contributed by atoms with Crippen molar-refractivity contribution in [2.24, 2.45) is 5.92 Å². The van der Waals surface area contributed by atoms with Crippen molar-refractivity contribution < 1.29 is 4.79 Å². The Kier molecular flexibility index (Phi) is 3.89. The predicted molar refractivity (Wildman–Crippen MR) is 94.6 cm³/mol. The van der Waals surface area contributed by atoms with Crippen molar-refractivity contribution in [1.29, 1.82) is 0 Å². The molecule has 1 amide bonds. The molecule has 1 fully saturated rings. The van der Waals surface area contributed by atoms with Crippen molar-refractivity contribution >= 4 is 11.7 Å². The number of aromatic nitrogens is 5. The fourth-order valence-corrected chi connectivity index (χ4v) is 2.75. The van der Waals surface area contributed by atoms with Gasteiger partial charge in [0.2, 0.25) is 5.91 Å². The summed E-state index contributed by atoms with van der Waals surface area (Å²) >= 11 is 0. The number of hydrogen-bond acceptors (Lipinski definition) is 4. The van der Waals surface area contributed by atoms with Gasteiger partial charge in [0.1, 0.15) is 12.1 Å². The maximum atomic E-state index is 12.0. The first kappa shape index (κ1) is 15.3. The Bertz CT molecular complexity index is 908. The molecular weight excluding hydrogens is 316 g/mol. The maximum Gasteiger partial charge on any atom is 0.228 e. The number of nitrogens with one attached hydrogen (secondary N) is 2. The fourth-order valence-electron chi connectivity index (χ4n) is 2.75. The minimum atomic E-state index is 0.0495. The van der Waals surface area contributed by atoms with Crippen LogP contribution < -0.4 is 5.32 Å². The van der Waals surface area contributed by atoms with Gasteiger partial charge in [-0.2, -0.15) is 5.10 Å². The van der Waals surface area contributed by atoms with Gasteiger partial charge in [-0.1, -0.05) is 6.08 Å². The lowest BCUT2D eigenvalue weighted by Crippen LogP contribution is -2.14. The third-order valence-corrected chi connectivity index (χ3v) is 4.17. The van der Waals surface area contributed by atoms with Gasteiger partial charge >= 0.3 is 0 Å². The summed E-state index contributed by atoms with van der Waals surface area (Å²) in [6.45, 7) is 4.48. The first-order valence-corrected chi connectivity index (χ1v) is 8.18. The largest absolute Gasteiger partial charge is 0.343 e. The summed E-state index contributed by atoms with van der Waals surface area (Å²) in [7, 11) is 0. The zero-order valence-electron chi connectivity index (χ0n) is 13.6. The number of rotatable bonds is 6. The number of nitrogens with zero attached hydrogens (tertiary/aromatic N) is 4. The quantitative estimate of drug-likeness (QED) is 0.678. The van der Waals surface area contributed by atoms with Crippen molar-refractivity contribution in [2.45, 2.75) is 19.4 Å². The summed E-state index contributed by atoms with van der Waals surface area (Å²) in [5.41, 5.74) is 2.90. The van der Waals surface area contributed by atoms with Gasteiger partial charge < -0.3 is 9.88 Å². The maximum absolute atomic E-state index is 12.0. The van der Waals surface area contributed by atoms with Crippen LogP contribution in [0.5, 0.6) is 0 Å². The minimum absolute atomic E-state index is 0.0495. The molecule has 3 aromatic rings. The summed E-state index contributed by atoms with van der Waals surface area (Å²) in [4.78, 5) is 20.4. The van der Waals surface area contributed by atoms with Crippen molar-refractivity contribution in [3.05, 3.63) is 49.6 Å². The number of hydrogen-bond donors (Lipinski definition) is 2. The van der Waals surface area contributed by atoms with Gasteiger partial charge in [0.25, 0.3) is 0 Å². The van der Waals surface area contributed by atoms with Crippen LogP contribution >= 0.6 is 0 Å². The molecule has 0 saturated heterocycles. The Hall–Kier alpha value is -3.22. The summed E-state index contributed by atoms with van der Waals surface area (Å²) in [5.74, 6) is 1.48. The average Bonchev–Trinajstić information content (AvgIpc) is 3.16. The average molecular weight is 334 g/mol. The molecule has 1 aliphatic carbocycles. The van der Waals surface area contributed by atoms with Crippen molar-refractivity contribution in [3.63, 3.8) is 0 Å². The van der Waals surface area contributed by atoms with Gasteiger partial charge in [0.15, 0.2) is 5.82 Å². The van der Waals surface area contributed by atoms with E-state index in [1.54, 1.807) is 6.20 Å². The van der Waals surface area contributed by atoms with E-state index in [2.05, 4.69) is 36.6 Å². The van der Waals surface area contributed by atoms with Gasteiger partial charge in [-0.25, -0.2) is 9.97 Å². The van der Waals surface area contributed by atoms with Crippen LogP contribution in [-0.2, 0) is 11.3 Å². The lowest BCUT2D eigenvalue weighted by atomic mass is 10.1. The lowest BCUT2D eigenvalue weighted by Gasteiger charge is -2.09. The minimum Gasteiger partial charge on any atom is -0.343 e. The van der Waals surface area contributed by atoms with Crippen LogP contribution in [0.3, 0.4) is 0 Å².